The van der Waals surface area contributed by atoms with Crippen molar-refractivity contribution in [2.75, 3.05) is 0 Å². The number of hydrogen-bond donors (Lipinski definition) is 2. The van der Waals surface area contributed by atoms with E-state index in [0.717, 1.165) is 32.2 Å². The zero-order valence-corrected chi connectivity index (χ0v) is 10.9. The van der Waals surface area contributed by atoms with Gasteiger partial charge in [0.2, 0.25) is 5.91 Å². The number of nitrogens with two attached hydrogens (primary N) is 1. The van der Waals surface area contributed by atoms with Crippen LogP contribution in [0, 0.1) is 0 Å². The minimum absolute atomic E-state index is 0.0524. The lowest BCUT2D eigenvalue weighted by molar-refractivity contribution is -0.121. The van der Waals surface area contributed by atoms with Gasteiger partial charge in [-0.05, 0) is 19.3 Å². The third-order valence-electron chi connectivity index (χ3n) is 2.85. The molecule has 102 valence electrons. The molecule has 0 fully saturated rings. The van der Waals surface area contributed by atoms with Crippen molar-refractivity contribution < 1.29 is 4.79 Å². The quantitative estimate of drug-likeness (QED) is 0.308. The van der Waals surface area contributed by atoms with Crippen molar-refractivity contribution in [3.8, 4) is 0 Å². The molecule has 6 heteroatoms. The van der Waals surface area contributed by atoms with Crippen LogP contribution in [0.15, 0.2) is 17.2 Å². The third-order valence-corrected chi connectivity index (χ3v) is 2.85. The van der Waals surface area contributed by atoms with Crippen LogP contribution in [0.25, 0.3) is 0 Å². The largest absolute Gasteiger partial charge is 0.328 e. The molecule has 0 saturated heterocycles. The average Bonchev–Trinajstić information content (AvgIpc) is 2.71. The number of carbonyl (C=O) groups is 1. The molecule has 0 saturated carbocycles. The highest BCUT2D eigenvalue weighted by Gasteiger charge is 2.02. The number of carbonyl (C=O) groups excluding carboxylic acids is 1. The van der Waals surface area contributed by atoms with Crippen molar-refractivity contribution in [2.45, 2.75) is 52.1 Å². The summed E-state index contributed by atoms with van der Waals surface area (Å²) in [6.45, 7) is 3.52. The molecule has 0 aliphatic heterocycles. The number of unbranched alkanes of at least 4 members (excludes halogenated alkanes) is 2. The highest BCUT2D eigenvalue weighted by atomic mass is 16.2. The number of imidazole rings is 1. The second-order valence-electron chi connectivity index (χ2n) is 4.35. The van der Waals surface area contributed by atoms with Crippen LogP contribution in [-0.4, -0.2) is 15.0 Å². The number of nitrogens with zero attached hydrogens (tertiary/aromatic N) is 2. The number of hydrogen-bond acceptors (Lipinski definition) is 3. The predicted molar refractivity (Wildman–Crippen MR) is 69.8 cm³/mol. The van der Waals surface area contributed by atoms with Gasteiger partial charge in [0.1, 0.15) is 0 Å². The van der Waals surface area contributed by atoms with Crippen LogP contribution in [0.2, 0.25) is 0 Å². The van der Waals surface area contributed by atoms with Gasteiger partial charge in [0.25, 0.3) is 0 Å². The van der Waals surface area contributed by atoms with Crippen molar-refractivity contribution in [3.63, 3.8) is 0 Å². The maximum atomic E-state index is 11.8. The SMILES string of the molecule is CCCn1ccn(CCCCCC(=O)NN)c1=O. The molecule has 1 aromatic rings. The van der Waals surface area contributed by atoms with E-state index in [1.807, 2.05) is 19.3 Å². The summed E-state index contributed by atoms with van der Waals surface area (Å²) in [5, 5.41) is 0. The van der Waals surface area contributed by atoms with Gasteiger partial charge in [-0.25, -0.2) is 10.6 Å². The molecule has 1 amide bonds. The number of aromatic nitrogens is 2. The molecule has 1 rings (SSSR count). The average molecular weight is 254 g/mol. The maximum absolute atomic E-state index is 11.8. The van der Waals surface area contributed by atoms with Gasteiger partial charge in [-0.2, -0.15) is 0 Å². The van der Waals surface area contributed by atoms with Crippen molar-refractivity contribution >= 4 is 5.91 Å². The summed E-state index contributed by atoms with van der Waals surface area (Å²) in [5.74, 6) is 4.84. The Morgan fingerprint density at radius 2 is 1.89 bits per heavy atom. The lowest BCUT2D eigenvalue weighted by Gasteiger charge is -2.02. The van der Waals surface area contributed by atoms with E-state index in [-0.39, 0.29) is 11.6 Å². The monoisotopic (exact) mass is 254 g/mol. The van der Waals surface area contributed by atoms with Crippen molar-refractivity contribution in [1.82, 2.24) is 14.6 Å². The predicted octanol–water partition coefficient (Wildman–Crippen LogP) is 0.610. The summed E-state index contributed by atoms with van der Waals surface area (Å²) >= 11 is 0. The van der Waals surface area contributed by atoms with E-state index in [0.29, 0.717) is 13.0 Å². The molecular formula is C12H22N4O2. The minimum Gasteiger partial charge on any atom is -0.299 e. The molecule has 1 aromatic heterocycles. The van der Waals surface area contributed by atoms with Gasteiger partial charge in [0.15, 0.2) is 0 Å². The zero-order chi connectivity index (χ0) is 13.4. The Morgan fingerprint density at radius 1 is 1.22 bits per heavy atom. The fraction of sp³-hybridized carbons (Fsp3) is 0.667. The summed E-state index contributed by atoms with van der Waals surface area (Å²) in [6.07, 6.45) is 7.67. The molecule has 0 radical (unpaired) electrons. The normalized spacial score (nSPS) is 10.6. The molecule has 0 atom stereocenters. The molecule has 3 N–H and O–H groups in total. The van der Waals surface area contributed by atoms with Gasteiger partial charge in [0, 0.05) is 31.9 Å². The molecule has 0 aliphatic carbocycles. The lowest BCUT2D eigenvalue weighted by atomic mass is 10.2. The van der Waals surface area contributed by atoms with Crippen LogP contribution in [0.4, 0.5) is 0 Å². The first-order valence-electron chi connectivity index (χ1n) is 6.44. The second-order valence-corrected chi connectivity index (χ2v) is 4.35. The molecule has 18 heavy (non-hydrogen) atoms. The summed E-state index contributed by atoms with van der Waals surface area (Å²) in [7, 11) is 0. The topological polar surface area (TPSA) is 82.1 Å². The summed E-state index contributed by atoms with van der Waals surface area (Å²) < 4.78 is 3.44. The van der Waals surface area contributed by atoms with E-state index in [4.69, 9.17) is 5.84 Å². The van der Waals surface area contributed by atoms with Crippen LogP contribution < -0.4 is 17.0 Å². The van der Waals surface area contributed by atoms with Gasteiger partial charge in [-0.3, -0.25) is 19.4 Å². The Labute approximate surface area is 107 Å². The van der Waals surface area contributed by atoms with E-state index in [2.05, 4.69) is 5.43 Å². The number of nitrogens with one attached hydrogen (secondary N) is 1. The maximum Gasteiger partial charge on any atom is 0.328 e. The fourth-order valence-corrected chi connectivity index (χ4v) is 1.85. The summed E-state index contributed by atoms with van der Waals surface area (Å²) in [5.41, 5.74) is 2.15. The number of rotatable bonds is 8. The first-order valence-corrected chi connectivity index (χ1v) is 6.44. The number of amides is 1. The fourth-order valence-electron chi connectivity index (χ4n) is 1.85. The van der Waals surface area contributed by atoms with Crippen LogP contribution in [-0.2, 0) is 17.9 Å². The lowest BCUT2D eigenvalue weighted by Crippen LogP contribution is -2.29. The molecule has 0 aliphatic rings. The second kappa shape index (κ2) is 7.71. The number of hydrazine groups is 1. The Hall–Kier alpha value is -1.56. The summed E-state index contributed by atoms with van der Waals surface area (Å²) in [4.78, 5) is 22.7. The Bertz CT molecular complexity index is 422. The van der Waals surface area contributed by atoms with Gasteiger partial charge in [-0.15, -0.1) is 0 Å². The zero-order valence-electron chi connectivity index (χ0n) is 10.9. The summed E-state index contributed by atoms with van der Waals surface area (Å²) in [6, 6.07) is 0. The van der Waals surface area contributed by atoms with Crippen LogP contribution in [0.3, 0.4) is 0 Å². The molecule has 1 heterocycles. The molecule has 0 spiro atoms. The van der Waals surface area contributed by atoms with E-state index in [9.17, 15) is 9.59 Å². The van der Waals surface area contributed by atoms with Crippen LogP contribution in [0.5, 0.6) is 0 Å². The molecule has 0 unspecified atom stereocenters. The highest BCUT2D eigenvalue weighted by Crippen LogP contribution is 2.01. The number of aryl methyl sites for hydroxylation is 2. The Kier molecular flexibility index (Phi) is 6.21. The molecule has 0 bridgehead atoms. The highest BCUT2D eigenvalue weighted by molar-refractivity contribution is 5.74. The first kappa shape index (κ1) is 14.5. The minimum atomic E-state index is -0.138. The van der Waals surface area contributed by atoms with E-state index >= 15 is 0 Å². The van der Waals surface area contributed by atoms with Crippen LogP contribution in [0.1, 0.15) is 39.0 Å². The Balaban J connectivity index is 2.27. The van der Waals surface area contributed by atoms with Crippen LogP contribution >= 0.6 is 0 Å². The van der Waals surface area contributed by atoms with Gasteiger partial charge in [0.05, 0.1) is 0 Å². The van der Waals surface area contributed by atoms with E-state index in [1.165, 1.54) is 0 Å². The smallest absolute Gasteiger partial charge is 0.299 e. The van der Waals surface area contributed by atoms with Gasteiger partial charge < -0.3 is 0 Å². The molecular weight excluding hydrogens is 232 g/mol. The van der Waals surface area contributed by atoms with Crippen molar-refractivity contribution in [1.29, 1.82) is 0 Å². The standard InChI is InChI=1S/C12H22N4O2/c1-2-7-15-9-10-16(12(15)18)8-5-3-4-6-11(17)14-13/h9-10H,2-8,13H2,1H3,(H,14,17). The van der Waals surface area contributed by atoms with Gasteiger partial charge in [-0.1, -0.05) is 13.3 Å². The molecule has 6 nitrogen and oxygen atoms in total. The first-order chi connectivity index (χ1) is 8.69. The molecule has 0 aromatic carbocycles. The third kappa shape index (κ3) is 4.37. The van der Waals surface area contributed by atoms with Crippen molar-refractivity contribution in [3.05, 3.63) is 22.9 Å². The van der Waals surface area contributed by atoms with Gasteiger partial charge >= 0.3 is 5.69 Å². The van der Waals surface area contributed by atoms with E-state index in [1.54, 1.807) is 9.13 Å². The van der Waals surface area contributed by atoms with E-state index < -0.39 is 0 Å². The Morgan fingerprint density at radius 3 is 2.50 bits per heavy atom. The van der Waals surface area contributed by atoms with Crippen molar-refractivity contribution in [2.24, 2.45) is 5.84 Å².